The van der Waals surface area contributed by atoms with Gasteiger partial charge in [-0.05, 0) is 31.7 Å². The van der Waals surface area contributed by atoms with E-state index in [0.29, 0.717) is 12.5 Å². The topological polar surface area (TPSA) is 101 Å². The Balaban J connectivity index is 2.40. The van der Waals surface area contributed by atoms with Gasteiger partial charge in [0.25, 0.3) is 11.6 Å². The molecule has 1 N–H and O–H groups in total. The molecule has 7 heteroatoms. The Morgan fingerprint density at radius 3 is 2.48 bits per heavy atom. The standard InChI is InChI=1S/C16H20N2O5/c1-10-4-3-5-11(2)17(9-10)15(19)12-6-13(16(20)21)8-14(7-12)18(22)23/h6-8,10-11H,3-5,9H2,1-2H3,(H,20,21). The van der Waals surface area contributed by atoms with Gasteiger partial charge in [-0.3, -0.25) is 14.9 Å². The fourth-order valence-electron chi connectivity index (χ4n) is 2.94. The maximum absolute atomic E-state index is 12.8. The van der Waals surface area contributed by atoms with E-state index in [-0.39, 0.29) is 28.8 Å². The molecule has 0 spiro atoms. The van der Waals surface area contributed by atoms with Gasteiger partial charge in [-0.15, -0.1) is 0 Å². The molecule has 1 saturated heterocycles. The molecule has 2 atom stereocenters. The van der Waals surface area contributed by atoms with E-state index in [1.807, 2.05) is 6.92 Å². The third-order valence-electron chi connectivity index (χ3n) is 4.24. The highest BCUT2D eigenvalue weighted by atomic mass is 16.6. The number of carboxylic acid groups (broad SMARTS) is 1. The normalized spacial score (nSPS) is 21.6. The van der Waals surface area contributed by atoms with Crippen LogP contribution in [0.2, 0.25) is 0 Å². The molecule has 1 aliphatic heterocycles. The summed E-state index contributed by atoms with van der Waals surface area (Å²) < 4.78 is 0. The van der Waals surface area contributed by atoms with Crippen LogP contribution in [0.5, 0.6) is 0 Å². The van der Waals surface area contributed by atoms with Crippen LogP contribution in [-0.2, 0) is 0 Å². The molecule has 0 radical (unpaired) electrons. The Labute approximate surface area is 134 Å². The number of amides is 1. The van der Waals surface area contributed by atoms with Crippen molar-refractivity contribution in [2.45, 2.75) is 39.2 Å². The van der Waals surface area contributed by atoms with E-state index in [1.165, 1.54) is 6.07 Å². The zero-order valence-electron chi connectivity index (χ0n) is 13.2. The van der Waals surface area contributed by atoms with Crippen LogP contribution >= 0.6 is 0 Å². The largest absolute Gasteiger partial charge is 0.478 e. The van der Waals surface area contributed by atoms with Gasteiger partial charge in [0.1, 0.15) is 0 Å². The summed E-state index contributed by atoms with van der Waals surface area (Å²) >= 11 is 0. The molecular formula is C16H20N2O5. The van der Waals surface area contributed by atoms with Crippen molar-refractivity contribution in [2.75, 3.05) is 6.54 Å². The van der Waals surface area contributed by atoms with Gasteiger partial charge in [0.05, 0.1) is 10.5 Å². The maximum atomic E-state index is 12.8. The number of nitro benzene ring substituents is 1. The molecule has 1 heterocycles. The summed E-state index contributed by atoms with van der Waals surface area (Å²) in [5.74, 6) is -1.29. The van der Waals surface area contributed by atoms with Crippen molar-refractivity contribution in [3.63, 3.8) is 0 Å². The van der Waals surface area contributed by atoms with Gasteiger partial charge >= 0.3 is 5.97 Å². The summed E-state index contributed by atoms with van der Waals surface area (Å²) in [7, 11) is 0. The van der Waals surface area contributed by atoms with Crippen LogP contribution in [0.1, 0.15) is 53.8 Å². The Morgan fingerprint density at radius 2 is 1.87 bits per heavy atom. The molecule has 0 aliphatic carbocycles. The lowest BCUT2D eigenvalue weighted by atomic mass is 10.1. The van der Waals surface area contributed by atoms with Gasteiger partial charge in [0.15, 0.2) is 0 Å². The third-order valence-corrected chi connectivity index (χ3v) is 4.24. The smallest absolute Gasteiger partial charge is 0.335 e. The summed E-state index contributed by atoms with van der Waals surface area (Å²) in [6.45, 7) is 4.59. The Bertz CT molecular complexity index is 611. The molecule has 1 aliphatic rings. The summed E-state index contributed by atoms with van der Waals surface area (Å²) in [5, 5.41) is 20.1. The molecular weight excluding hydrogens is 300 g/mol. The van der Waals surface area contributed by atoms with Gasteiger partial charge in [0.2, 0.25) is 0 Å². The number of nitro groups is 1. The summed E-state index contributed by atoms with van der Waals surface area (Å²) in [6.07, 6.45) is 2.93. The predicted octanol–water partition coefficient (Wildman–Crippen LogP) is 2.94. The van der Waals surface area contributed by atoms with Crippen LogP contribution < -0.4 is 0 Å². The number of benzene rings is 1. The summed E-state index contributed by atoms with van der Waals surface area (Å²) in [6, 6.07) is 3.35. The second-order valence-electron chi connectivity index (χ2n) is 6.17. The molecule has 0 saturated carbocycles. The van der Waals surface area contributed by atoms with Gasteiger partial charge in [0, 0.05) is 30.3 Å². The Kier molecular flexibility index (Phi) is 4.98. The fourth-order valence-corrected chi connectivity index (χ4v) is 2.94. The van der Waals surface area contributed by atoms with Crippen LogP contribution in [0.3, 0.4) is 0 Å². The first kappa shape index (κ1) is 16.9. The number of hydrogen-bond donors (Lipinski definition) is 1. The van der Waals surface area contributed by atoms with Crippen molar-refractivity contribution in [3.8, 4) is 0 Å². The number of carbonyl (C=O) groups is 2. The number of aromatic carboxylic acids is 1. The predicted molar refractivity (Wildman–Crippen MR) is 83.6 cm³/mol. The van der Waals surface area contributed by atoms with Gasteiger partial charge in [-0.25, -0.2) is 4.79 Å². The first-order valence-corrected chi connectivity index (χ1v) is 7.63. The summed E-state index contributed by atoms with van der Waals surface area (Å²) in [5.41, 5.74) is -0.584. The molecule has 2 rings (SSSR count). The molecule has 124 valence electrons. The lowest BCUT2D eigenvalue weighted by Crippen LogP contribution is -2.40. The van der Waals surface area contributed by atoms with Gasteiger partial charge < -0.3 is 10.0 Å². The number of carbonyl (C=O) groups excluding carboxylic acids is 1. The molecule has 1 aromatic carbocycles. The van der Waals surface area contributed by atoms with E-state index in [4.69, 9.17) is 5.11 Å². The summed E-state index contributed by atoms with van der Waals surface area (Å²) in [4.78, 5) is 35.9. The van der Waals surface area contributed by atoms with E-state index in [2.05, 4.69) is 6.92 Å². The van der Waals surface area contributed by atoms with Crippen LogP contribution in [0, 0.1) is 16.0 Å². The molecule has 0 aromatic heterocycles. The van der Waals surface area contributed by atoms with E-state index in [1.54, 1.807) is 4.90 Å². The van der Waals surface area contributed by atoms with Gasteiger partial charge in [-0.2, -0.15) is 0 Å². The molecule has 0 bridgehead atoms. The number of carboxylic acids is 1. The molecule has 1 aromatic rings. The van der Waals surface area contributed by atoms with Crippen molar-refractivity contribution in [3.05, 3.63) is 39.4 Å². The van der Waals surface area contributed by atoms with Crippen molar-refractivity contribution in [1.82, 2.24) is 4.90 Å². The monoisotopic (exact) mass is 320 g/mol. The highest BCUT2D eigenvalue weighted by molar-refractivity contribution is 5.98. The number of likely N-dealkylation sites (tertiary alicyclic amines) is 1. The lowest BCUT2D eigenvalue weighted by Gasteiger charge is -2.28. The van der Waals surface area contributed by atoms with E-state index < -0.39 is 10.9 Å². The van der Waals surface area contributed by atoms with E-state index in [0.717, 1.165) is 31.4 Å². The number of non-ortho nitro benzene ring substituents is 1. The molecule has 1 amide bonds. The van der Waals surface area contributed by atoms with Crippen molar-refractivity contribution in [1.29, 1.82) is 0 Å². The fraction of sp³-hybridized carbons (Fsp3) is 0.500. The van der Waals surface area contributed by atoms with Crippen molar-refractivity contribution >= 4 is 17.6 Å². The second-order valence-corrected chi connectivity index (χ2v) is 6.17. The molecule has 23 heavy (non-hydrogen) atoms. The van der Waals surface area contributed by atoms with E-state index >= 15 is 0 Å². The minimum absolute atomic E-state index is 0.0278. The first-order chi connectivity index (χ1) is 10.8. The Hall–Kier alpha value is -2.44. The first-order valence-electron chi connectivity index (χ1n) is 7.63. The lowest BCUT2D eigenvalue weighted by molar-refractivity contribution is -0.384. The average molecular weight is 320 g/mol. The minimum Gasteiger partial charge on any atom is -0.478 e. The van der Waals surface area contributed by atoms with Crippen molar-refractivity contribution < 1.29 is 19.6 Å². The molecule has 7 nitrogen and oxygen atoms in total. The van der Waals surface area contributed by atoms with Crippen LogP contribution in [0.15, 0.2) is 18.2 Å². The maximum Gasteiger partial charge on any atom is 0.335 e. The minimum atomic E-state index is -1.29. The van der Waals surface area contributed by atoms with Crippen molar-refractivity contribution in [2.24, 2.45) is 5.92 Å². The third kappa shape index (κ3) is 3.85. The zero-order chi connectivity index (χ0) is 17.1. The quantitative estimate of drug-likeness (QED) is 0.681. The highest BCUT2D eigenvalue weighted by Gasteiger charge is 2.27. The van der Waals surface area contributed by atoms with Crippen LogP contribution in [-0.4, -0.2) is 39.4 Å². The SMILES string of the molecule is CC1CCCC(C)N(C(=O)c2cc(C(=O)O)cc([N+](=O)[O-])c2)C1. The second kappa shape index (κ2) is 6.76. The number of hydrogen-bond acceptors (Lipinski definition) is 4. The van der Waals surface area contributed by atoms with Gasteiger partial charge in [-0.1, -0.05) is 13.3 Å². The van der Waals surface area contributed by atoms with Crippen LogP contribution in [0.4, 0.5) is 5.69 Å². The highest BCUT2D eigenvalue weighted by Crippen LogP contribution is 2.24. The number of rotatable bonds is 3. The average Bonchev–Trinajstić information content (AvgIpc) is 2.67. The zero-order valence-corrected chi connectivity index (χ0v) is 13.2. The molecule has 1 fully saturated rings. The number of nitrogens with zero attached hydrogens (tertiary/aromatic N) is 2. The van der Waals surface area contributed by atoms with Crippen LogP contribution in [0.25, 0.3) is 0 Å². The Morgan fingerprint density at radius 1 is 1.22 bits per heavy atom. The molecule has 2 unspecified atom stereocenters. The van der Waals surface area contributed by atoms with E-state index in [9.17, 15) is 19.7 Å².